The van der Waals surface area contributed by atoms with E-state index in [-0.39, 0.29) is 47.5 Å². The maximum atomic E-state index is 14.7. The molecule has 0 aromatic heterocycles. The predicted molar refractivity (Wildman–Crippen MR) is 145 cm³/mol. The lowest BCUT2D eigenvalue weighted by molar-refractivity contribution is -0.348. The van der Waals surface area contributed by atoms with E-state index >= 15 is 0 Å². The van der Waals surface area contributed by atoms with Crippen LogP contribution in [0.2, 0.25) is 0 Å². The van der Waals surface area contributed by atoms with E-state index in [1.807, 2.05) is 0 Å². The Balaban J connectivity index is 2.00. The van der Waals surface area contributed by atoms with E-state index in [9.17, 15) is 45.1 Å². The van der Waals surface area contributed by atoms with Crippen molar-refractivity contribution in [2.45, 2.75) is 44.7 Å². The van der Waals surface area contributed by atoms with Crippen molar-refractivity contribution < 1.29 is 50.2 Å². The molecule has 6 nitrogen and oxygen atoms in total. The minimum absolute atomic E-state index is 0.00339. The summed E-state index contributed by atoms with van der Waals surface area (Å²) >= 11 is 0. The van der Waals surface area contributed by atoms with Gasteiger partial charge in [0.15, 0.2) is 0 Å². The number of benzene rings is 3. The van der Waals surface area contributed by atoms with Crippen LogP contribution in [0.25, 0.3) is 0 Å². The van der Waals surface area contributed by atoms with E-state index in [2.05, 4.69) is 0 Å². The summed E-state index contributed by atoms with van der Waals surface area (Å²) in [6, 6.07) is 14.7. The molecule has 0 unspecified atom stereocenters. The molecule has 0 fully saturated rings. The molecule has 0 atom stereocenters. The zero-order valence-electron chi connectivity index (χ0n) is 23.2. The van der Waals surface area contributed by atoms with Crippen molar-refractivity contribution in [3.8, 4) is 0 Å². The summed E-state index contributed by atoms with van der Waals surface area (Å²) in [4.78, 5) is 40.1. The van der Waals surface area contributed by atoms with E-state index in [1.165, 1.54) is 36.2 Å². The van der Waals surface area contributed by atoms with Crippen LogP contribution in [0.1, 0.15) is 50.2 Å². The van der Waals surface area contributed by atoms with Crippen LogP contribution in [-0.4, -0.2) is 48.8 Å². The van der Waals surface area contributed by atoms with Crippen molar-refractivity contribution in [1.82, 2.24) is 0 Å². The number of nitrogens with zero attached hydrogens (tertiary/aromatic N) is 2. The third kappa shape index (κ3) is 6.81. The fraction of sp³-hybridized carbons (Fsp3) is 0.300. The van der Waals surface area contributed by atoms with E-state index in [4.69, 9.17) is 5.11 Å². The van der Waals surface area contributed by atoms with Crippen molar-refractivity contribution in [3.63, 3.8) is 0 Å². The fourth-order valence-corrected chi connectivity index (χ4v) is 4.75. The minimum atomic E-state index is -6.29. The smallest absolute Gasteiger partial charge is 0.435 e. The number of carbonyl (C=O) groups is 3. The molecule has 0 saturated carbocycles. The van der Waals surface area contributed by atoms with Crippen molar-refractivity contribution in [1.29, 1.82) is 0 Å². The normalized spacial score (nSPS) is 12.1. The summed E-state index contributed by atoms with van der Waals surface area (Å²) in [7, 11) is 1.25. The number of hydrogen-bond acceptors (Lipinski definition) is 3. The Hall–Kier alpha value is -4.42. The lowest BCUT2D eigenvalue weighted by Gasteiger charge is -2.32. The van der Waals surface area contributed by atoms with Crippen LogP contribution in [0.5, 0.6) is 0 Å². The Morgan fingerprint density at radius 3 is 1.79 bits per heavy atom. The Labute approximate surface area is 242 Å². The minimum Gasteiger partial charge on any atom is -0.481 e. The second-order valence-electron chi connectivity index (χ2n) is 9.85. The van der Waals surface area contributed by atoms with E-state index < -0.39 is 41.4 Å². The number of aliphatic carboxylic acids is 1. The summed E-state index contributed by atoms with van der Waals surface area (Å²) in [5.41, 5.74) is -7.19. The zero-order valence-corrected chi connectivity index (χ0v) is 23.2. The first-order chi connectivity index (χ1) is 19.9. The van der Waals surface area contributed by atoms with Gasteiger partial charge in [-0.05, 0) is 61.7 Å². The van der Waals surface area contributed by atoms with Crippen LogP contribution < -0.4 is 9.80 Å². The monoisotopic (exact) mass is 612 g/mol. The number of alkyl halides is 7. The molecule has 0 aliphatic rings. The second-order valence-corrected chi connectivity index (χ2v) is 9.85. The molecule has 1 N–H and O–H groups in total. The predicted octanol–water partition coefficient (Wildman–Crippen LogP) is 7.38. The van der Waals surface area contributed by atoms with E-state index in [0.29, 0.717) is 17.7 Å². The summed E-state index contributed by atoms with van der Waals surface area (Å²) in [5, 5.41) is 9.04. The number of anilines is 2. The third-order valence-electron chi connectivity index (χ3n) is 6.75. The third-order valence-corrected chi connectivity index (χ3v) is 6.75. The van der Waals surface area contributed by atoms with Gasteiger partial charge in [-0.25, -0.2) is 4.39 Å². The van der Waals surface area contributed by atoms with Gasteiger partial charge in [-0.1, -0.05) is 36.4 Å². The van der Waals surface area contributed by atoms with Gasteiger partial charge in [0.2, 0.25) is 0 Å². The first-order valence-corrected chi connectivity index (χ1v) is 12.8. The molecule has 0 aliphatic heterocycles. The average Bonchev–Trinajstić information content (AvgIpc) is 2.92. The Morgan fingerprint density at radius 1 is 0.744 bits per heavy atom. The number of rotatable bonds is 9. The standard InChI is InChI=1S/C30H27F7N2O4/c1-18-15-22(28(31,29(32,33)34)30(35,36)37)16-19(2)25(18)38(3)26(42)21-11-7-12-23(17-21)39(14-8-13-24(40)41)27(43)20-9-5-4-6-10-20/h4-7,9-12,15-17H,8,13-14H2,1-3H3,(H,40,41). The molecule has 0 heterocycles. The van der Waals surface area contributed by atoms with Crippen LogP contribution >= 0.6 is 0 Å². The SMILES string of the molecule is Cc1cc(C(F)(C(F)(F)F)C(F)(F)F)cc(C)c1N(C)C(=O)c1cccc(N(CCCC(=O)O)C(=O)c2ccccc2)c1. The molecule has 43 heavy (non-hydrogen) atoms. The molecule has 13 heteroatoms. The molecular weight excluding hydrogens is 585 g/mol. The summed E-state index contributed by atoms with van der Waals surface area (Å²) in [6.45, 7) is 2.31. The van der Waals surface area contributed by atoms with Gasteiger partial charge in [0, 0.05) is 48.1 Å². The van der Waals surface area contributed by atoms with Crippen molar-refractivity contribution in [2.75, 3.05) is 23.4 Å². The number of carboxylic acids is 1. The molecule has 0 spiro atoms. The lowest BCUT2D eigenvalue weighted by Crippen LogP contribution is -2.50. The highest BCUT2D eigenvalue weighted by atomic mass is 19.4. The molecule has 3 rings (SSSR count). The highest BCUT2D eigenvalue weighted by Crippen LogP contribution is 2.54. The largest absolute Gasteiger partial charge is 0.481 e. The van der Waals surface area contributed by atoms with Crippen LogP contribution in [0.15, 0.2) is 66.7 Å². The second kappa shape index (κ2) is 12.4. The van der Waals surface area contributed by atoms with Gasteiger partial charge in [-0.2, -0.15) is 26.3 Å². The molecule has 0 saturated heterocycles. The first-order valence-electron chi connectivity index (χ1n) is 12.8. The molecule has 230 valence electrons. The maximum absolute atomic E-state index is 14.7. The van der Waals surface area contributed by atoms with Crippen LogP contribution in [0.4, 0.5) is 42.1 Å². The molecule has 0 aliphatic carbocycles. The summed E-state index contributed by atoms with van der Waals surface area (Å²) in [6.07, 6.45) is -12.7. The average molecular weight is 613 g/mol. The van der Waals surface area contributed by atoms with Gasteiger partial charge in [0.1, 0.15) is 0 Å². The number of halogens is 7. The quantitative estimate of drug-likeness (QED) is 0.256. The van der Waals surface area contributed by atoms with Gasteiger partial charge in [0.25, 0.3) is 11.8 Å². The Kier molecular flexibility index (Phi) is 9.57. The molecule has 3 aromatic carbocycles. The fourth-order valence-electron chi connectivity index (χ4n) is 4.75. The highest BCUT2D eigenvalue weighted by Gasteiger charge is 2.73. The van der Waals surface area contributed by atoms with Crippen molar-refractivity contribution in [3.05, 3.63) is 94.5 Å². The van der Waals surface area contributed by atoms with E-state index in [1.54, 1.807) is 30.3 Å². The van der Waals surface area contributed by atoms with Gasteiger partial charge < -0.3 is 14.9 Å². The number of aryl methyl sites for hydroxylation is 2. The van der Waals surface area contributed by atoms with Crippen LogP contribution in [0.3, 0.4) is 0 Å². The molecule has 0 radical (unpaired) electrons. The van der Waals surface area contributed by atoms with E-state index in [0.717, 1.165) is 18.7 Å². The highest BCUT2D eigenvalue weighted by molar-refractivity contribution is 6.09. The lowest BCUT2D eigenvalue weighted by atomic mass is 9.90. The zero-order chi connectivity index (χ0) is 32.3. The first kappa shape index (κ1) is 33.1. The Morgan fingerprint density at radius 2 is 1.28 bits per heavy atom. The summed E-state index contributed by atoms with van der Waals surface area (Å²) in [5.74, 6) is -2.25. The molecule has 2 amide bonds. The number of hydrogen-bond donors (Lipinski definition) is 1. The van der Waals surface area contributed by atoms with Crippen LogP contribution in [-0.2, 0) is 10.5 Å². The maximum Gasteiger partial charge on any atom is 0.435 e. The van der Waals surface area contributed by atoms with Crippen LogP contribution in [0, 0.1) is 13.8 Å². The number of amides is 2. The van der Waals surface area contributed by atoms with Crippen molar-refractivity contribution in [2.24, 2.45) is 0 Å². The van der Waals surface area contributed by atoms with Gasteiger partial charge in [0.05, 0.1) is 0 Å². The molecular formula is C30H27F7N2O4. The topological polar surface area (TPSA) is 77.9 Å². The molecule has 0 bridgehead atoms. The Bertz CT molecular complexity index is 1470. The van der Waals surface area contributed by atoms with Gasteiger partial charge >= 0.3 is 24.0 Å². The summed E-state index contributed by atoms with van der Waals surface area (Å²) < 4.78 is 94.7. The molecule has 3 aromatic rings. The van der Waals surface area contributed by atoms with Gasteiger partial charge in [-0.15, -0.1) is 0 Å². The van der Waals surface area contributed by atoms with Crippen molar-refractivity contribution >= 4 is 29.2 Å². The number of carboxylic acid groups (broad SMARTS) is 1. The van der Waals surface area contributed by atoms with Gasteiger partial charge in [-0.3, -0.25) is 14.4 Å². The number of carbonyl (C=O) groups excluding carboxylic acids is 2.